The monoisotopic (exact) mass is 623 g/mol. The number of likely N-dealkylation sites (N-methyl/N-ethyl adjacent to an activating group) is 1. The molecule has 214 valence electrons. The van der Waals surface area contributed by atoms with E-state index in [9.17, 15) is 18.0 Å². The maximum atomic E-state index is 13.9. The zero-order valence-electron chi connectivity index (χ0n) is 22.7. The van der Waals surface area contributed by atoms with Gasteiger partial charge < -0.3 is 10.2 Å². The summed E-state index contributed by atoms with van der Waals surface area (Å²) in [5.41, 5.74) is 0.816. The van der Waals surface area contributed by atoms with Gasteiger partial charge in [0.15, 0.2) is 0 Å². The summed E-state index contributed by atoms with van der Waals surface area (Å²) in [6.07, 6.45) is 0.202. The Bertz CT molecular complexity index is 1440. The number of hydrogen-bond acceptors (Lipinski definition) is 4. The fourth-order valence-electron chi connectivity index (χ4n) is 3.99. The van der Waals surface area contributed by atoms with E-state index in [0.29, 0.717) is 20.6 Å². The average Bonchev–Trinajstić information content (AvgIpc) is 2.87. The third-order valence-electron chi connectivity index (χ3n) is 6.00. The Morgan fingerprint density at radius 2 is 1.50 bits per heavy atom. The highest BCUT2D eigenvalue weighted by Crippen LogP contribution is 2.25. The molecule has 0 heterocycles. The van der Waals surface area contributed by atoms with Gasteiger partial charge in [0.1, 0.15) is 6.04 Å². The number of benzene rings is 3. The van der Waals surface area contributed by atoms with Crippen molar-refractivity contribution >= 4 is 56.6 Å². The van der Waals surface area contributed by atoms with Crippen LogP contribution < -0.4 is 5.32 Å². The average molecular weight is 625 g/mol. The first kappa shape index (κ1) is 31.9. The van der Waals surface area contributed by atoms with Crippen LogP contribution in [0.5, 0.6) is 0 Å². The second kappa shape index (κ2) is 13.4. The van der Waals surface area contributed by atoms with Crippen molar-refractivity contribution < 1.29 is 18.0 Å². The van der Waals surface area contributed by atoms with Crippen molar-refractivity contribution in [1.29, 1.82) is 0 Å². The second-order valence-corrected chi connectivity index (χ2v) is 13.7. The molecule has 1 unspecified atom stereocenters. The summed E-state index contributed by atoms with van der Waals surface area (Å²) in [5, 5.41) is 4.10. The fraction of sp³-hybridized carbons (Fsp3) is 0.310. The summed E-state index contributed by atoms with van der Waals surface area (Å²) in [7, 11) is -2.71. The van der Waals surface area contributed by atoms with Crippen LogP contribution in [0.3, 0.4) is 0 Å². The van der Waals surface area contributed by atoms with E-state index in [1.807, 2.05) is 51.1 Å². The van der Waals surface area contributed by atoms with Crippen molar-refractivity contribution in [2.45, 2.75) is 50.2 Å². The maximum Gasteiger partial charge on any atom is 0.243 e. The van der Waals surface area contributed by atoms with Crippen LogP contribution in [0.2, 0.25) is 15.1 Å². The van der Waals surface area contributed by atoms with E-state index in [1.54, 1.807) is 18.2 Å². The number of hydrogen-bond donors (Lipinski definition) is 1. The Balaban J connectivity index is 2.02. The van der Waals surface area contributed by atoms with Gasteiger partial charge in [0.25, 0.3) is 0 Å². The standard InChI is InChI=1S/C29H32Cl3N3O4S/c1-29(2,3)33-28(37)26(16-20-8-6-5-7-9-20)35(18-21-10-11-23(31)17-25(21)32)27(36)19-34(4)40(38,39)24-14-12-22(30)13-15-24/h5-15,17,26H,16,18-19H2,1-4H3,(H,33,37). The number of amides is 2. The summed E-state index contributed by atoms with van der Waals surface area (Å²) >= 11 is 18.5. The minimum absolute atomic E-state index is 0.00851. The van der Waals surface area contributed by atoms with E-state index >= 15 is 0 Å². The zero-order valence-corrected chi connectivity index (χ0v) is 25.8. The molecule has 0 saturated heterocycles. The zero-order chi connectivity index (χ0) is 29.7. The minimum atomic E-state index is -4.02. The molecule has 3 aromatic rings. The molecular formula is C29H32Cl3N3O4S. The molecule has 1 N–H and O–H groups in total. The summed E-state index contributed by atoms with van der Waals surface area (Å²) < 4.78 is 27.4. The normalized spacial score (nSPS) is 12.7. The van der Waals surface area contributed by atoms with Crippen molar-refractivity contribution in [1.82, 2.24) is 14.5 Å². The molecule has 1 atom stereocenters. The predicted octanol–water partition coefficient (Wildman–Crippen LogP) is 5.82. The van der Waals surface area contributed by atoms with E-state index in [-0.39, 0.29) is 23.8 Å². The van der Waals surface area contributed by atoms with Crippen LogP contribution in [0.4, 0.5) is 0 Å². The molecule has 0 bridgehead atoms. The fourth-order valence-corrected chi connectivity index (χ4v) is 5.71. The highest BCUT2D eigenvalue weighted by molar-refractivity contribution is 7.89. The van der Waals surface area contributed by atoms with Gasteiger partial charge in [0.2, 0.25) is 21.8 Å². The highest BCUT2D eigenvalue weighted by atomic mass is 35.5. The Morgan fingerprint density at radius 1 is 0.900 bits per heavy atom. The molecule has 3 rings (SSSR count). The topological polar surface area (TPSA) is 86.8 Å². The molecule has 0 radical (unpaired) electrons. The number of nitrogens with one attached hydrogen (secondary N) is 1. The highest BCUT2D eigenvalue weighted by Gasteiger charge is 2.34. The van der Waals surface area contributed by atoms with Crippen LogP contribution in [0.25, 0.3) is 0 Å². The van der Waals surface area contributed by atoms with Crippen LogP contribution in [0.15, 0.2) is 77.7 Å². The summed E-state index contributed by atoms with van der Waals surface area (Å²) in [6.45, 7) is 4.99. The Kier molecular flexibility index (Phi) is 10.7. The van der Waals surface area contributed by atoms with Gasteiger partial charge in [0.05, 0.1) is 11.4 Å². The van der Waals surface area contributed by atoms with Crippen molar-refractivity contribution in [2.24, 2.45) is 0 Å². The minimum Gasteiger partial charge on any atom is -0.350 e. The maximum absolute atomic E-state index is 13.9. The van der Waals surface area contributed by atoms with Crippen LogP contribution in [-0.2, 0) is 32.6 Å². The van der Waals surface area contributed by atoms with Gasteiger partial charge in [-0.3, -0.25) is 9.59 Å². The van der Waals surface area contributed by atoms with Crippen LogP contribution >= 0.6 is 34.8 Å². The van der Waals surface area contributed by atoms with E-state index in [1.165, 1.54) is 36.2 Å². The molecule has 0 spiro atoms. The summed E-state index contributed by atoms with van der Waals surface area (Å²) in [5.74, 6) is -0.950. The number of halogens is 3. The molecule has 0 aliphatic heterocycles. The van der Waals surface area contributed by atoms with E-state index < -0.39 is 34.1 Å². The molecule has 0 aliphatic rings. The molecule has 0 saturated carbocycles. The molecular weight excluding hydrogens is 593 g/mol. The molecule has 0 aromatic heterocycles. The van der Waals surface area contributed by atoms with E-state index in [0.717, 1.165) is 9.87 Å². The van der Waals surface area contributed by atoms with E-state index in [4.69, 9.17) is 34.8 Å². The van der Waals surface area contributed by atoms with Gasteiger partial charge in [-0.2, -0.15) is 4.31 Å². The molecule has 7 nitrogen and oxygen atoms in total. The Labute approximate surface area is 251 Å². The molecule has 2 amide bonds. The lowest BCUT2D eigenvalue weighted by Crippen LogP contribution is -2.56. The Morgan fingerprint density at radius 3 is 2.08 bits per heavy atom. The first-order chi connectivity index (χ1) is 18.7. The third kappa shape index (κ3) is 8.69. The summed E-state index contributed by atoms with van der Waals surface area (Å²) in [4.78, 5) is 29.0. The first-order valence-corrected chi connectivity index (χ1v) is 15.1. The molecule has 0 aliphatic carbocycles. The van der Waals surface area contributed by atoms with Crippen molar-refractivity contribution in [3.63, 3.8) is 0 Å². The largest absolute Gasteiger partial charge is 0.350 e. The van der Waals surface area contributed by atoms with Crippen LogP contribution in [-0.4, -0.2) is 54.6 Å². The van der Waals surface area contributed by atoms with Crippen molar-refractivity contribution in [2.75, 3.05) is 13.6 Å². The third-order valence-corrected chi connectivity index (χ3v) is 8.66. The molecule has 3 aromatic carbocycles. The molecule has 0 fully saturated rings. The second-order valence-electron chi connectivity index (χ2n) is 10.4. The van der Waals surface area contributed by atoms with Gasteiger partial charge in [-0.25, -0.2) is 8.42 Å². The van der Waals surface area contributed by atoms with Gasteiger partial charge >= 0.3 is 0 Å². The predicted molar refractivity (Wildman–Crippen MR) is 160 cm³/mol. The van der Waals surface area contributed by atoms with Crippen molar-refractivity contribution in [3.8, 4) is 0 Å². The first-order valence-electron chi connectivity index (χ1n) is 12.5. The lowest BCUT2D eigenvalue weighted by Gasteiger charge is -2.34. The lowest BCUT2D eigenvalue weighted by molar-refractivity contribution is -0.141. The SMILES string of the molecule is CN(CC(=O)N(Cc1ccc(Cl)cc1Cl)C(Cc1ccccc1)C(=O)NC(C)(C)C)S(=O)(=O)c1ccc(Cl)cc1. The lowest BCUT2D eigenvalue weighted by atomic mass is 10.0. The van der Waals surface area contributed by atoms with Crippen molar-refractivity contribution in [3.05, 3.63) is 99.0 Å². The Hall–Kier alpha value is -2.62. The van der Waals surface area contributed by atoms with Crippen LogP contribution in [0.1, 0.15) is 31.9 Å². The smallest absolute Gasteiger partial charge is 0.243 e. The van der Waals surface area contributed by atoms with Gasteiger partial charge in [-0.15, -0.1) is 0 Å². The number of carbonyl (C=O) groups is 2. The molecule has 11 heteroatoms. The van der Waals surface area contributed by atoms with Gasteiger partial charge in [-0.05, 0) is 68.3 Å². The van der Waals surface area contributed by atoms with Gasteiger partial charge in [-0.1, -0.05) is 71.2 Å². The van der Waals surface area contributed by atoms with E-state index in [2.05, 4.69) is 5.32 Å². The van der Waals surface area contributed by atoms with Crippen LogP contribution in [0, 0.1) is 0 Å². The number of rotatable bonds is 10. The summed E-state index contributed by atoms with van der Waals surface area (Å²) in [6, 6.07) is 18.9. The molecule has 40 heavy (non-hydrogen) atoms. The number of nitrogens with zero attached hydrogens (tertiary/aromatic N) is 2. The quantitative estimate of drug-likeness (QED) is 0.308. The number of sulfonamides is 1. The number of carbonyl (C=O) groups excluding carboxylic acids is 2. The van der Waals surface area contributed by atoms with Gasteiger partial charge in [0, 0.05) is 40.6 Å².